The van der Waals surface area contributed by atoms with E-state index in [9.17, 15) is 9.18 Å². The standard InChI is InChI=1S/C15H13FN2O/c16-11-4-6-12(7-5-11)18-9-8-10-2-1-3-13(17)14(10)15(18)19/h1-7H,8-9,17H2. The summed E-state index contributed by atoms with van der Waals surface area (Å²) >= 11 is 0. The van der Waals surface area contributed by atoms with Crippen LogP contribution in [0, 0.1) is 5.82 Å². The van der Waals surface area contributed by atoms with Gasteiger partial charge < -0.3 is 10.6 Å². The van der Waals surface area contributed by atoms with Gasteiger partial charge >= 0.3 is 0 Å². The molecule has 1 aliphatic rings. The van der Waals surface area contributed by atoms with Crippen LogP contribution in [0.3, 0.4) is 0 Å². The number of hydrogen-bond donors (Lipinski definition) is 1. The first-order valence-electron chi connectivity index (χ1n) is 6.11. The van der Waals surface area contributed by atoms with Gasteiger partial charge in [0, 0.05) is 17.9 Å². The van der Waals surface area contributed by atoms with Gasteiger partial charge in [0.2, 0.25) is 0 Å². The minimum Gasteiger partial charge on any atom is -0.398 e. The summed E-state index contributed by atoms with van der Waals surface area (Å²) in [6, 6.07) is 11.4. The summed E-state index contributed by atoms with van der Waals surface area (Å²) in [4.78, 5) is 14.1. The first-order valence-corrected chi connectivity index (χ1v) is 6.11. The van der Waals surface area contributed by atoms with E-state index in [4.69, 9.17) is 5.73 Å². The van der Waals surface area contributed by atoms with Crippen LogP contribution >= 0.6 is 0 Å². The maximum atomic E-state index is 12.9. The molecule has 3 rings (SSSR count). The second kappa shape index (κ2) is 4.39. The summed E-state index contributed by atoms with van der Waals surface area (Å²) in [7, 11) is 0. The van der Waals surface area contributed by atoms with Gasteiger partial charge in [-0.05, 0) is 42.3 Å². The predicted octanol–water partition coefficient (Wildman–Crippen LogP) is 2.61. The van der Waals surface area contributed by atoms with Gasteiger partial charge in [-0.3, -0.25) is 4.79 Å². The first kappa shape index (κ1) is 11.7. The van der Waals surface area contributed by atoms with E-state index < -0.39 is 0 Å². The third-order valence-electron chi connectivity index (χ3n) is 3.39. The molecule has 0 atom stereocenters. The highest BCUT2D eigenvalue weighted by atomic mass is 19.1. The van der Waals surface area contributed by atoms with Gasteiger partial charge in [0.25, 0.3) is 5.91 Å². The molecule has 0 unspecified atom stereocenters. The molecule has 3 nitrogen and oxygen atoms in total. The van der Waals surface area contributed by atoms with E-state index in [1.165, 1.54) is 12.1 Å². The van der Waals surface area contributed by atoms with Crippen molar-refractivity contribution < 1.29 is 9.18 Å². The van der Waals surface area contributed by atoms with Crippen molar-refractivity contribution in [2.24, 2.45) is 0 Å². The van der Waals surface area contributed by atoms with Crippen LogP contribution in [-0.2, 0) is 6.42 Å². The molecule has 0 saturated carbocycles. The topological polar surface area (TPSA) is 46.3 Å². The Morgan fingerprint density at radius 1 is 1.11 bits per heavy atom. The molecule has 1 amide bonds. The molecule has 0 saturated heterocycles. The number of rotatable bonds is 1. The van der Waals surface area contributed by atoms with E-state index in [0.29, 0.717) is 23.5 Å². The minimum absolute atomic E-state index is 0.119. The van der Waals surface area contributed by atoms with Gasteiger partial charge in [-0.15, -0.1) is 0 Å². The molecule has 0 aromatic heterocycles. The van der Waals surface area contributed by atoms with Crippen LogP contribution in [0.25, 0.3) is 0 Å². The van der Waals surface area contributed by atoms with Crippen molar-refractivity contribution in [3.63, 3.8) is 0 Å². The molecule has 96 valence electrons. The van der Waals surface area contributed by atoms with E-state index in [-0.39, 0.29) is 11.7 Å². The van der Waals surface area contributed by atoms with Crippen LogP contribution in [-0.4, -0.2) is 12.5 Å². The highest BCUT2D eigenvalue weighted by molar-refractivity contribution is 6.11. The minimum atomic E-state index is -0.312. The lowest BCUT2D eigenvalue weighted by Gasteiger charge is -2.29. The molecule has 1 aliphatic heterocycles. The number of fused-ring (bicyclic) bond motifs is 1. The van der Waals surface area contributed by atoms with Gasteiger partial charge in [-0.2, -0.15) is 0 Å². The maximum Gasteiger partial charge on any atom is 0.260 e. The Balaban J connectivity index is 2.02. The summed E-state index contributed by atoms with van der Waals surface area (Å²) in [5.41, 5.74) is 8.62. The predicted molar refractivity (Wildman–Crippen MR) is 72.6 cm³/mol. The van der Waals surface area contributed by atoms with Crippen molar-refractivity contribution >= 4 is 17.3 Å². The molecule has 0 fully saturated rings. The molecule has 0 radical (unpaired) electrons. The van der Waals surface area contributed by atoms with Crippen LogP contribution in [0.1, 0.15) is 15.9 Å². The lowest BCUT2D eigenvalue weighted by Crippen LogP contribution is -2.38. The number of nitrogen functional groups attached to an aromatic ring is 1. The smallest absolute Gasteiger partial charge is 0.260 e. The molecule has 2 N–H and O–H groups in total. The largest absolute Gasteiger partial charge is 0.398 e. The van der Waals surface area contributed by atoms with Gasteiger partial charge in [0.05, 0.1) is 5.56 Å². The fourth-order valence-electron chi connectivity index (χ4n) is 2.43. The van der Waals surface area contributed by atoms with Crippen molar-refractivity contribution in [1.29, 1.82) is 0 Å². The second-order valence-electron chi connectivity index (χ2n) is 4.56. The van der Waals surface area contributed by atoms with Crippen LogP contribution in [0.15, 0.2) is 42.5 Å². The molecule has 0 spiro atoms. The number of nitrogens with two attached hydrogens (primary N) is 1. The Hall–Kier alpha value is -2.36. The summed E-state index contributed by atoms with van der Waals surface area (Å²) in [6.07, 6.45) is 0.753. The molecule has 1 heterocycles. The fourth-order valence-corrected chi connectivity index (χ4v) is 2.43. The van der Waals surface area contributed by atoms with E-state index >= 15 is 0 Å². The van der Waals surface area contributed by atoms with E-state index in [1.54, 1.807) is 23.1 Å². The molecule has 0 bridgehead atoms. The number of halogens is 1. The van der Waals surface area contributed by atoms with Crippen LogP contribution in [0.2, 0.25) is 0 Å². The summed E-state index contributed by atoms with van der Waals surface area (Å²) in [5, 5.41) is 0. The zero-order valence-electron chi connectivity index (χ0n) is 10.3. The molecule has 4 heteroatoms. The van der Waals surface area contributed by atoms with Crippen LogP contribution < -0.4 is 10.6 Å². The van der Waals surface area contributed by atoms with Crippen LogP contribution in [0.4, 0.5) is 15.8 Å². The SMILES string of the molecule is Nc1cccc2c1C(=O)N(c1ccc(F)cc1)CC2. The van der Waals surface area contributed by atoms with E-state index in [1.807, 2.05) is 12.1 Å². The second-order valence-corrected chi connectivity index (χ2v) is 4.56. The Labute approximate surface area is 110 Å². The molecule has 2 aromatic rings. The van der Waals surface area contributed by atoms with Gasteiger partial charge in [-0.25, -0.2) is 4.39 Å². The molecule has 19 heavy (non-hydrogen) atoms. The van der Waals surface area contributed by atoms with Crippen molar-refractivity contribution in [3.8, 4) is 0 Å². The average molecular weight is 256 g/mol. The average Bonchev–Trinajstić information content (AvgIpc) is 2.40. The summed E-state index contributed by atoms with van der Waals surface area (Å²) in [5.74, 6) is -0.431. The number of amides is 1. The van der Waals surface area contributed by atoms with E-state index in [0.717, 1.165) is 12.0 Å². The lowest BCUT2D eigenvalue weighted by molar-refractivity contribution is 0.0981. The van der Waals surface area contributed by atoms with Crippen molar-refractivity contribution in [2.45, 2.75) is 6.42 Å². The zero-order chi connectivity index (χ0) is 13.4. The Kier molecular flexibility index (Phi) is 2.71. The van der Waals surface area contributed by atoms with Crippen molar-refractivity contribution in [2.75, 3.05) is 17.2 Å². The van der Waals surface area contributed by atoms with Crippen LogP contribution in [0.5, 0.6) is 0 Å². The lowest BCUT2D eigenvalue weighted by atomic mass is 9.97. The molecular weight excluding hydrogens is 243 g/mol. The van der Waals surface area contributed by atoms with Gasteiger partial charge in [-0.1, -0.05) is 12.1 Å². The van der Waals surface area contributed by atoms with Gasteiger partial charge in [0.1, 0.15) is 5.82 Å². The highest BCUT2D eigenvalue weighted by Crippen LogP contribution is 2.28. The quantitative estimate of drug-likeness (QED) is 0.797. The summed E-state index contributed by atoms with van der Waals surface area (Å²) < 4.78 is 12.9. The first-order chi connectivity index (χ1) is 9.16. The number of carbonyl (C=O) groups excluding carboxylic acids is 1. The molecular formula is C15H13FN2O. The number of benzene rings is 2. The Morgan fingerprint density at radius 2 is 1.84 bits per heavy atom. The van der Waals surface area contributed by atoms with Crippen molar-refractivity contribution in [3.05, 3.63) is 59.4 Å². The summed E-state index contributed by atoms with van der Waals surface area (Å²) in [6.45, 7) is 0.584. The van der Waals surface area contributed by atoms with Crippen molar-refractivity contribution in [1.82, 2.24) is 0 Å². The number of hydrogen-bond acceptors (Lipinski definition) is 2. The highest BCUT2D eigenvalue weighted by Gasteiger charge is 2.27. The zero-order valence-corrected chi connectivity index (χ0v) is 10.3. The monoisotopic (exact) mass is 256 g/mol. The Morgan fingerprint density at radius 3 is 2.58 bits per heavy atom. The third-order valence-corrected chi connectivity index (χ3v) is 3.39. The number of nitrogens with zero attached hydrogens (tertiary/aromatic N) is 1. The molecule has 2 aromatic carbocycles. The maximum absolute atomic E-state index is 12.9. The van der Waals surface area contributed by atoms with Gasteiger partial charge in [0.15, 0.2) is 0 Å². The number of carbonyl (C=O) groups is 1. The Bertz CT molecular complexity index is 637. The normalized spacial score (nSPS) is 14.4. The fraction of sp³-hybridized carbons (Fsp3) is 0.133. The number of anilines is 2. The molecule has 0 aliphatic carbocycles. The third kappa shape index (κ3) is 1.95. The van der Waals surface area contributed by atoms with E-state index in [2.05, 4.69) is 0 Å².